The molecule has 3 nitrogen and oxygen atoms in total. The lowest BCUT2D eigenvalue weighted by molar-refractivity contribution is -0.118. The Kier molecular flexibility index (Phi) is 3.68. The number of nitrogens with zero attached hydrogens (tertiary/aromatic N) is 1. The van der Waals surface area contributed by atoms with Gasteiger partial charge in [0.2, 0.25) is 5.91 Å². The average Bonchev–Trinajstić information content (AvgIpc) is 2.47. The number of hydrogen-bond donors (Lipinski definition) is 1. The molecule has 66 valence electrons. The summed E-state index contributed by atoms with van der Waals surface area (Å²) in [5, 5.41) is 5.98. The number of rotatable bonds is 3. The number of nitrogens with one attached hydrogen (secondary N) is 1. The largest absolute Gasteiger partial charge is 0.349 e. The van der Waals surface area contributed by atoms with Gasteiger partial charge >= 0.3 is 0 Å². The van der Waals surface area contributed by atoms with E-state index in [1.165, 1.54) is 0 Å². The highest BCUT2D eigenvalue weighted by Gasteiger charge is 2.00. The van der Waals surface area contributed by atoms with Crippen molar-refractivity contribution in [2.75, 3.05) is 5.33 Å². The van der Waals surface area contributed by atoms with E-state index in [4.69, 9.17) is 0 Å². The summed E-state index contributed by atoms with van der Waals surface area (Å²) in [5.74, 6) is -0.0112. The molecule has 0 saturated carbocycles. The van der Waals surface area contributed by atoms with Gasteiger partial charge in [-0.15, -0.1) is 11.3 Å². The Hall–Kier alpha value is -0.420. The molecule has 0 saturated heterocycles. The standard InChI is InChI=1S/C7H9BrN2OS/c1-5-4-12-7(10-5)3-9-6(11)2-8/h4H,2-3H2,1H3,(H,9,11). The summed E-state index contributed by atoms with van der Waals surface area (Å²) in [4.78, 5) is 15.0. The van der Waals surface area contributed by atoms with Crippen molar-refractivity contribution in [2.24, 2.45) is 0 Å². The van der Waals surface area contributed by atoms with Crippen molar-refractivity contribution in [3.05, 3.63) is 16.1 Å². The van der Waals surface area contributed by atoms with Gasteiger partial charge in [-0.2, -0.15) is 0 Å². The molecule has 0 aliphatic rings. The van der Waals surface area contributed by atoms with E-state index < -0.39 is 0 Å². The van der Waals surface area contributed by atoms with Gasteiger partial charge in [-0.3, -0.25) is 4.79 Å². The Morgan fingerprint density at radius 3 is 3.08 bits per heavy atom. The Labute approximate surface area is 83.3 Å². The maximum absolute atomic E-state index is 10.8. The first-order valence-corrected chi connectivity index (χ1v) is 5.46. The molecule has 1 N–H and O–H groups in total. The number of halogens is 1. The molecule has 0 aliphatic carbocycles. The highest BCUT2D eigenvalue weighted by molar-refractivity contribution is 9.09. The number of hydrogen-bond acceptors (Lipinski definition) is 3. The van der Waals surface area contributed by atoms with Crippen molar-refractivity contribution in [1.29, 1.82) is 0 Å². The highest BCUT2D eigenvalue weighted by atomic mass is 79.9. The average molecular weight is 249 g/mol. The Balaban J connectivity index is 2.38. The summed E-state index contributed by atoms with van der Waals surface area (Å²) in [6.45, 7) is 2.47. The van der Waals surface area contributed by atoms with Crippen LogP contribution in [0.15, 0.2) is 5.38 Å². The number of carbonyl (C=O) groups is 1. The molecule has 1 heterocycles. The molecule has 0 spiro atoms. The summed E-state index contributed by atoms with van der Waals surface area (Å²) in [6.07, 6.45) is 0. The van der Waals surface area contributed by atoms with Crippen molar-refractivity contribution < 1.29 is 4.79 Å². The maximum atomic E-state index is 10.8. The van der Waals surface area contributed by atoms with Crippen LogP contribution in [0.2, 0.25) is 0 Å². The van der Waals surface area contributed by atoms with Crippen molar-refractivity contribution in [3.63, 3.8) is 0 Å². The van der Waals surface area contributed by atoms with E-state index >= 15 is 0 Å². The first-order chi connectivity index (χ1) is 5.72. The molecule has 1 aromatic heterocycles. The number of amides is 1. The third-order valence-corrected chi connectivity index (χ3v) is 2.70. The van der Waals surface area contributed by atoms with Gasteiger partial charge in [0.15, 0.2) is 0 Å². The van der Waals surface area contributed by atoms with Gasteiger partial charge in [-0.05, 0) is 6.92 Å². The fourth-order valence-electron chi connectivity index (χ4n) is 0.705. The van der Waals surface area contributed by atoms with Gasteiger partial charge < -0.3 is 5.32 Å². The van der Waals surface area contributed by atoms with Crippen LogP contribution in [0.25, 0.3) is 0 Å². The lowest BCUT2D eigenvalue weighted by Gasteiger charge is -1.97. The molecule has 0 radical (unpaired) electrons. The van der Waals surface area contributed by atoms with E-state index in [9.17, 15) is 4.79 Å². The van der Waals surface area contributed by atoms with E-state index in [1.54, 1.807) is 11.3 Å². The van der Waals surface area contributed by atoms with Crippen LogP contribution in [-0.2, 0) is 11.3 Å². The highest BCUT2D eigenvalue weighted by Crippen LogP contribution is 2.07. The maximum Gasteiger partial charge on any atom is 0.231 e. The van der Waals surface area contributed by atoms with Crippen LogP contribution >= 0.6 is 27.3 Å². The zero-order valence-corrected chi connectivity index (χ0v) is 9.04. The minimum atomic E-state index is -0.0112. The number of aryl methyl sites for hydroxylation is 1. The van der Waals surface area contributed by atoms with E-state index in [0.29, 0.717) is 11.9 Å². The van der Waals surface area contributed by atoms with Crippen LogP contribution in [0.4, 0.5) is 0 Å². The summed E-state index contributed by atoms with van der Waals surface area (Å²) < 4.78 is 0. The van der Waals surface area contributed by atoms with E-state index in [0.717, 1.165) is 10.7 Å². The van der Waals surface area contributed by atoms with Gasteiger partial charge in [-0.1, -0.05) is 15.9 Å². The molecule has 0 aliphatic heterocycles. The predicted octanol–water partition coefficient (Wildman–Crippen LogP) is 1.46. The Bertz CT molecular complexity index is 274. The molecule has 0 bridgehead atoms. The van der Waals surface area contributed by atoms with Crippen LogP contribution in [0.1, 0.15) is 10.7 Å². The monoisotopic (exact) mass is 248 g/mol. The molecule has 1 aromatic rings. The third kappa shape index (κ3) is 2.91. The lowest BCUT2D eigenvalue weighted by Crippen LogP contribution is -2.23. The lowest BCUT2D eigenvalue weighted by atomic mass is 10.5. The topological polar surface area (TPSA) is 42.0 Å². The molecular formula is C7H9BrN2OS. The molecule has 0 fully saturated rings. The fraction of sp³-hybridized carbons (Fsp3) is 0.429. The predicted molar refractivity (Wildman–Crippen MR) is 52.5 cm³/mol. The Morgan fingerprint density at radius 1 is 1.83 bits per heavy atom. The van der Waals surface area contributed by atoms with Crippen LogP contribution in [0.3, 0.4) is 0 Å². The summed E-state index contributed by atoms with van der Waals surface area (Å²) in [6, 6.07) is 0. The zero-order chi connectivity index (χ0) is 8.97. The molecule has 12 heavy (non-hydrogen) atoms. The van der Waals surface area contributed by atoms with Crippen molar-refractivity contribution in [1.82, 2.24) is 10.3 Å². The first kappa shape index (κ1) is 9.67. The molecule has 1 amide bonds. The number of aromatic nitrogens is 1. The quantitative estimate of drug-likeness (QED) is 0.824. The molecule has 1 rings (SSSR count). The number of alkyl halides is 1. The van der Waals surface area contributed by atoms with Gasteiger partial charge in [0.25, 0.3) is 0 Å². The summed E-state index contributed by atoms with van der Waals surface area (Å²) in [7, 11) is 0. The molecule has 0 aromatic carbocycles. The van der Waals surface area contributed by atoms with Gasteiger partial charge in [0, 0.05) is 11.1 Å². The van der Waals surface area contributed by atoms with Crippen molar-refractivity contribution in [2.45, 2.75) is 13.5 Å². The summed E-state index contributed by atoms with van der Waals surface area (Å²) in [5.41, 5.74) is 1.00. The van der Waals surface area contributed by atoms with Crippen LogP contribution in [-0.4, -0.2) is 16.2 Å². The third-order valence-electron chi connectivity index (χ3n) is 1.22. The summed E-state index contributed by atoms with van der Waals surface area (Å²) >= 11 is 4.63. The van der Waals surface area contributed by atoms with Crippen LogP contribution in [0, 0.1) is 6.92 Å². The minimum Gasteiger partial charge on any atom is -0.349 e. The Morgan fingerprint density at radius 2 is 2.58 bits per heavy atom. The van der Waals surface area contributed by atoms with Crippen LogP contribution in [0.5, 0.6) is 0 Å². The second kappa shape index (κ2) is 4.57. The normalized spacial score (nSPS) is 9.83. The fourth-order valence-corrected chi connectivity index (χ4v) is 1.62. The minimum absolute atomic E-state index is 0.0112. The molecule has 0 unspecified atom stereocenters. The molecule has 0 atom stereocenters. The van der Waals surface area contributed by atoms with Gasteiger partial charge in [0.1, 0.15) is 5.01 Å². The second-order valence-electron chi connectivity index (χ2n) is 2.29. The first-order valence-electron chi connectivity index (χ1n) is 3.46. The van der Waals surface area contributed by atoms with Crippen molar-refractivity contribution >= 4 is 33.2 Å². The van der Waals surface area contributed by atoms with E-state index in [2.05, 4.69) is 26.2 Å². The van der Waals surface area contributed by atoms with Gasteiger partial charge in [-0.25, -0.2) is 4.98 Å². The van der Waals surface area contributed by atoms with E-state index in [-0.39, 0.29) is 5.91 Å². The second-order valence-corrected chi connectivity index (χ2v) is 3.80. The zero-order valence-electron chi connectivity index (χ0n) is 6.63. The van der Waals surface area contributed by atoms with Crippen LogP contribution < -0.4 is 5.32 Å². The van der Waals surface area contributed by atoms with E-state index in [1.807, 2.05) is 12.3 Å². The molecule has 5 heteroatoms. The SMILES string of the molecule is Cc1csc(CNC(=O)CBr)n1. The smallest absolute Gasteiger partial charge is 0.231 e. The number of thiazole rings is 1. The number of carbonyl (C=O) groups excluding carboxylic acids is 1. The molecular weight excluding hydrogens is 240 g/mol. The van der Waals surface area contributed by atoms with Crippen molar-refractivity contribution in [3.8, 4) is 0 Å². The van der Waals surface area contributed by atoms with Gasteiger partial charge in [0.05, 0.1) is 11.9 Å².